The summed E-state index contributed by atoms with van der Waals surface area (Å²) >= 11 is 0. The maximum atomic E-state index is 13.8. The Bertz CT molecular complexity index is 492. The molecular formula is C15H20FNO3. The first kappa shape index (κ1) is 14.8. The Hall–Kier alpha value is -1.62. The minimum Gasteiger partial charge on any atom is -0.494 e. The number of hydrogen-bond donors (Lipinski definition) is 1. The van der Waals surface area contributed by atoms with E-state index in [-0.39, 0.29) is 11.8 Å². The van der Waals surface area contributed by atoms with Crippen LogP contribution in [-0.2, 0) is 4.79 Å². The standard InChI is InChI=1S/C15H20FNO3/c1-10(11-6-7-14(20-2)12(16)9-11)17-8-4-3-5-13(17)15(18)19/h6-7,9-10,13H,3-5,8H2,1-2H3,(H,18,19). The number of ether oxygens (including phenoxy) is 1. The molecule has 110 valence electrons. The van der Waals surface area contributed by atoms with Crippen LogP contribution in [0.5, 0.6) is 5.75 Å². The number of carboxylic acid groups (broad SMARTS) is 1. The maximum Gasteiger partial charge on any atom is 0.320 e. The number of rotatable bonds is 4. The van der Waals surface area contributed by atoms with Crippen molar-refractivity contribution >= 4 is 5.97 Å². The topological polar surface area (TPSA) is 49.8 Å². The third-order valence-electron chi connectivity index (χ3n) is 3.98. The Morgan fingerprint density at radius 3 is 2.85 bits per heavy atom. The van der Waals surface area contributed by atoms with Gasteiger partial charge in [-0.2, -0.15) is 0 Å². The van der Waals surface area contributed by atoms with E-state index in [1.165, 1.54) is 13.2 Å². The molecule has 0 aliphatic carbocycles. The van der Waals surface area contributed by atoms with Crippen LogP contribution in [0.3, 0.4) is 0 Å². The fraction of sp³-hybridized carbons (Fsp3) is 0.533. The van der Waals surface area contributed by atoms with E-state index in [9.17, 15) is 14.3 Å². The van der Waals surface area contributed by atoms with Crippen LogP contribution in [0.2, 0.25) is 0 Å². The van der Waals surface area contributed by atoms with Gasteiger partial charge in [0.1, 0.15) is 6.04 Å². The predicted octanol–water partition coefficient (Wildman–Crippen LogP) is 2.83. The first-order valence-electron chi connectivity index (χ1n) is 6.86. The molecule has 20 heavy (non-hydrogen) atoms. The molecule has 0 aromatic heterocycles. The number of aliphatic carboxylic acids is 1. The highest BCUT2D eigenvalue weighted by Gasteiger charge is 2.32. The largest absolute Gasteiger partial charge is 0.494 e. The lowest BCUT2D eigenvalue weighted by molar-refractivity contribution is -0.145. The van der Waals surface area contributed by atoms with E-state index < -0.39 is 17.8 Å². The van der Waals surface area contributed by atoms with Crippen LogP contribution in [0, 0.1) is 5.82 Å². The number of carbonyl (C=O) groups is 1. The average Bonchev–Trinajstić information content (AvgIpc) is 2.46. The third kappa shape index (κ3) is 2.93. The summed E-state index contributed by atoms with van der Waals surface area (Å²) in [4.78, 5) is 13.3. The van der Waals surface area contributed by atoms with Crippen LogP contribution in [0.1, 0.15) is 37.8 Å². The molecule has 1 N–H and O–H groups in total. The van der Waals surface area contributed by atoms with Crippen LogP contribution >= 0.6 is 0 Å². The Morgan fingerprint density at radius 2 is 2.25 bits per heavy atom. The van der Waals surface area contributed by atoms with E-state index in [2.05, 4.69) is 0 Å². The van der Waals surface area contributed by atoms with E-state index in [4.69, 9.17) is 4.74 Å². The molecule has 1 aliphatic heterocycles. The van der Waals surface area contributed by atoms with Gasteiger partial charge in [0.2, 0.25) is 0 Å². The van der Waals surface area contributed by atoms with E-state index in [0.717, 1.165) is 24.9 Å². The SMILES string of the molecule is COc1ccc(C(C)N2CCCCC2C(=O)O)cc1F. The van der Waals surface area contributed by atoms with Crippen molar-refractivity contribution in [3.8, 4) is 5.75 Å². The molecule has 0 spiro atoms. The van der Waals surface area contributed by atoms with Crippen LogP contribution < -0.4 is 4.74 Å². The minimum absolute atomic E-state index is 0.128. The maximum absolute atomic E-state index is 13.8. The molecule has 2 rings (SSSR count). The lowest BCUT2D eigenvalue weighted by Gasteiger charge is -2.37. The van der Waals surface area contributed by atoms with Crippen molar-refractivity contribution in [1.82, 2.24) is 4.90 Å². The second kappa shape index (κ2) is 6.22. The van der Waals surface area contributed by atoms with Gasteiger partial charge in [-0.05, 0) is 44.0 Å². The van der Waals surface area contributed by atoms with Crippen molar-refractivity contribution < 1.29 is 19.0 Å². The number of methoxy groups -OCH3 is 1. The molecule has 0 bridgehead atoms. The van der Waals surface area contributed by atoms with Crippen molar-refractivity contribution in [3.63, 3.8) is 0 Å². The van der Waals surface area contributed by atoms with Gasteiger partial charge in [-0.25, -0.2) is 4.39 Å². The monoisotopic (exact) mass is 281 g/mol. The van der Waals surface area contributed by atoms with Gasteiger partial charge in [0.15, 0.2) is 11.6 Å². The average molecular weight is 281 g/mol. The molecule has 1 aromatic rings. The van der Waals surface area contributed by atoms with Crippen LogP contribution in [0.4, 0.5) is 4.39 Å². The molecule has 0 saturated carbocycles. The zero-order valence-corrected chi connectivity index (χ0v) is 11.8. The minimum atomic E-state index is -0.800. The molecule has 5 heteroatoms. The molecule has 2 atom stereocenters. The van der Waals surface area contributed by atoms with Gasteiger partial charge in [0.05, 0.1) is 7.11 Å². The molecule has 2 unspecified atom stereocenters. The molecule has 0 amide bonds. The number of carboxylic acids is 1. The lowest BCUT2D eigenvalue weighted by atomic mass is 9.97. The van der Waals surface area contributed by atoms with Gasteiger partial charge in [-0.1, -0.05) is 12.5 Å². The van der Waals surface area contributed by atoms with E-state index in [0.29, 0.717) is 6.42 Å². The number of piperidine rings is 1. The van der Waals surface area contributed by atoms with Crippen molar-refractivity contribution in [2.45, 2.75) is 38.3 Å². The first-order chi connectivity index (χ1) is 9.54. The summed E-state index contributed by atoms with van der Waals surface area (Å²) in [5, 5.41) is 9.31. The van der Waals surface area contributed by atoms with Crippen molar-refractivity contribution in [2.75, 3.05) is 13.7 Å². The Labute approximate surface area is 118 Å². The van der Waals surface area contributed by atoms with Crippen LogP contribution in [0.15, 0.2) is 18.2 Å². The highest BCUT2D eigenvalue weighted by molar-refractivity contribution is 5.73. The number of hydrogen-bond acceptors (Lipinski definition) is 3. The summed E-state index contributed by atoms with van der Waals surface area (Å²) in [5.41, 5.74) is 0.774. The molecule has 0 radical (unpaired) electrons. The van der Waals surface area contributed by atoms with Gasteiger partial charge in [-0.15, -0.1) is 0 Å². The quantitative estimate of drug-likeness (QED) is 0.922. The molecular weight excluding hydrogens is 261 g/mol. The van der Waals surface area contributed by atoms with Crippen molar-refractivity contribution in [2.24, 2.45) is 0 Å². The van der Waals surface area contributed by atoms with Gasteiger partial charge in [0.25, 0.3) is 0 Å². The molecule has 1 fully saturated rings. The highest BCUT2D eigenvalue weighted by atomic mass is 19.1. The summed E-state index contributed by atoms with van der Waals surface area (Å²) in [7, 11) is 1.42. The second-order valence-electron chi connectivity index (χ2n) is 5.16. The zero-order valence-electron chi connectivity index (χ0n) is 11.8. The summed E-state index contributed by atoms with van der Waals surface area (Å²) in [6.07, 6.45) is 2.56. The molecule has 1 aliphatic rings. The number of benzene rings is 1. The second-order valence-corrected chi connectivity index (χ2v) is 5.16. The Balaban J connectivity index is 2.22. The molecule has 1 aromatic carbocycles. The van der Waals surface area contributed by atoms with Gasteiger partial charge >= 0.3 is 5.97 Å². The smallest absolute Gasteiger partial charge is 0.320 e. The third-order valence-corrected chi connectivity index (χ3v) is 3.98. The van der Waals surface area contributed by atoms with E-state index in [1.54, 1.807) is 12.1 Å². The molecule has 4 nitrogen and oxygen atoms in total. The van der Waals surface area contributed by atoms with Crippen LogP contribution in [0.25, 0.3) is 0 Å². The summed E-state index contributed by atoms with van der Waals surface area (Å²) in [6, 6.07) is 4.19. The van der Waals surface area contributed by atoms with Crippen molar-refractivity contribution in [1.29, 1.82) is 0 Å². The molecule has 1 heterocycles. The molecule has 1 saturated heterocycles. The Kier molecular flexibility index (Phi) is 4.60. The zero-order chi connectivity index (χ0) is 14.7. The highest BCUT2D eigenvalue weighted by Crippen LogP contribution is 2.30. The lowest BCUT2D eigenvalue weighted by Crippen LogP contribution is -2.45. The summed E-state index contributed by atoms with van der Waals surface area (Å²) in [6.45, 7) is 2.65. The van der Waals surface area contributed by atoms with Crippen molar-refractivity contribution in [3.05, 3.63) is 29.6 Å². The fourth-order valence-corrected chi connectivity index (χ4v) is 2.82. The first-order valence-corrected chi connectivity index (χ1v) is 6.86. The fourth-order valence-electron chi connectivity index (χ4n) is 2.82. The van der Waals surface area contributed by atoms with Crippen LogP contribution in [-0.4, -0.2) is 35.7 Å². The van der Waals surface area contributed by atoms with Gasteiger partial charge in [0, 0.05) is 6.04 Å². The number of nitrogens with zero attached hydrogens (tertiary/aromatic N) is 1. The normalized spacial score (nSPS) is 21.4. The summed E-state index contributed by atoms with van der Waals surface area (Å²) in [5.74, 6) is -1.01. The number of halogens is 1. The summed E-state index contributed by atoms with van der Waals surface area (Å²) < 4.78 is 18.7. The van der Waals surface area contributed by atoms with Gasteiger partial charge in [-0.3, -0.25) is 9.69 Å². The van der Waals surface area contributed by atoms with E-state index in [1.807, 2.05) is 11.8 Å². The Morgan fingerprint density at radius 1 is 1.50 bits per heavy atom. The number of likely N-dealkylation sites (tertiary alicyclic amines) is 1. The van der Waals surface area contributed by atoms with Gasteiger partial charge < -0.3 is 9.84 Å². The van der Waals surface area contributed by atoms with E-state index >= 15 is 0 Å². The predicted molar refractivity (Wildman–Crippen MR) is 73.3 cm³/mol.